The maximum absolute atomic E-state index is 10.4. The largest absolute Gasteiger partial charge is 0.394 e. The van der Waals surface area contributed by atoms with Crippen molar-refractivity contribution in [2.24, 2.45) is 12.8 Å². The summed E-state index contributed by atoms with van der Waals surface area (Å²) >= 11 is 0. The molecule has 0 atom stereocenters. The molecule has 1 aromatic rings. The second-order valence-corrected chi connectivity index (χ2v) is 3.10. The summed E-state index contributed by atoms with van der Waals surface area (Å²) < 4.78 is 1.63. The Morgan fingerprint density at radius 3 is 2.93 bits per heavy atom. The van der Waals surface area contributed by atoms with Gasteiger partial charge in [-0.05, 0) is 6.42 Å². The predicted octanol–water partition coefficient (Wildman–Crippen LogP) is -0.320. The van der Waals surface area contributed by atoms with E-state index < -0.39 is 0 Å². The molecule has 0 saturated heterocycles. The highest BCUT2D eigenvalue weighted by Gasteiger charge is 2.02. The summed E-state index contributed by atoms with van der Waals surface area (Å²) in [5.74, 6) is 0.359. The Morgan fingerprint density at radius 1 is 1.71 bits per heavy atom. The van der Waals surface area contributed by atoms with Crippen molar-refractivity contribution in [3.8, 4) is 0 Å². The van der Waals surface area contributed by atoms with E-state index in [1.807, 2.05) is 0 Å². The molecule has 0 aliphatic rings. The van der Waals surface area contributed by atoms with E-state index in [0.29, 0.717) is 30.9 Å². The summed E-state index contributed by atoms with van der Waals surface area (Å²) in [4.78, 5) is 10.4. The number of rotatable bonds is 5. The minimum atomic E-state index is -0.291. The van der Waals surface area contributed by atoms with E-state index in [-0.39, 0.29) is 5.91 Å². The van der Waals surface area contributed by atoms with Crippen LogP contribution >= 0.6 is 0 Å². The fraction of sp³-hybridized carbons (Fsp3) is 0.500. The van der Waals surface area contributed by atoms with E-state index in [4.69, 9.17) is 11.5 Å². The molecule has 0 spiro atoms. The van der Waals surface area contributed by atoms with Crippen LogP contribution in [-0.2, 0) is 11.8 Å². The lowest BCUT2D eigenvalue weighted by molar-refractivity contribution is -0.118. The third kappa shape index (κ3) is 2.96. The number of anilines is 2. The molecular weight excluding hydrogens is 182 g/mol. The maximum atomic E-state index is 10.4. The Morgan fingerprint density at radius 2 is 2.43 bits per heavy atom. The minimum Gasteiger partial charge on any atom is -0.394 e. The summed E-state index contributed by atoms with van der Waals surface area (Å²) in [6, 6.07) is 0. The molecule has 0 aliphatic heterocycles. The molecule has 1 amide bonds. The molecule has 5 N–H and O–H groups in total. The van der Waals surface area contributed by atoms with E-state index in [0.717, 1.165) is 0 Å². The second-order valence-electron chi connectivity index (χ2n) is 3.10. The lowest BCUT2D eigenvalue weighted by atomic mass is 10.3. The predicted molar refractivity (Wildman–Crippen MR) is 54.5 cm³/mol. The van der Waals surface area contributed by atoms with Crippen LogP contribution in [0, 0.1) is 0 Å². The number of amides is 1. The first-order chi connectivity index (χ1) is 6.59. The molecular formula is C8H15N5O. The Kier molecular flexibility index (Phi) is 3.33. The molecule has 0 radical (unpaired) electrons. The van der Waals surface area contributed by atoms with Crippen LogP contribution in [0.3, 0.4) is 0 Å². The Labute approximate surface area is 82.3 Å². The van der Waals surface area contributed by atoms with Crippen LogP contribution in [0.4, 0.5) is 11.5 Å². The normalized spacial score (nSPS) is 10.1. The van der Waals surface area contributed by atoms with Gasteiger partial charge in [-0.25, -0.2) is 0 Å². The van der Waals surface area contributed by atoms with Gasteiger partial charge in [-0.15, -0.1) is 0 Å². The number of carbonyl (C=O) groups excluding carboxylic acids is 1. The molecule has 14 heavy (non-hydrogen) atoms. The van der Waals surface area contributed by atoms with Crippen LogP contribution < -0.4 is 16.8 Å². The molecule has 0 unspecified atom stereocenters. The Balaban J connectivity index is 2.31. The van der Waals surface area contributed by atoms with Crippen molar-refractivity contribution in [3.05, 3.63) is 6.20 Å². The van der Waals surface area contributed by atoms with Gasteiger partial charge in [0.1, 0.15) is 0 Å². The van der Waals surface area contributed by atoms with Crippen molar-refractivity contribution in [3.63, 3.8) is 0 Å². The summed E-state index contributed by atoms with van der Waals surface area (Å²) in [7, 11) is 1.80. The topological polar surface area (TPSA) is 99.0 Å². The lowest BCUT2D eigenvalue weighted by Gasteiger charge is -2.01. The van der Waals surface area contributed by atoms with Crippen LogP contribution in [0.15, 0.2) is 6.20 Å². The molecule has 0 aliphatic carbocycles. The molecule has 0 aromatic carbocycles. The number of aromatic nitrogens is 2. The molecule has 0 saturated carbocycles. The first-order valence-corrected chi connectivity index (χ1v) is 4.41. The van der Waals surface area contributed by atoms with Crippen LogP contribution in [0.1, 0.15) is 12.8 Å². The maximum Gasteiger partial charge on any atom is 0.217 e. The van der Waals surface area contributed by atoms with Gasteiger partial charge in [-0.2, -0.15) is 5.10 Å². The molecule has 78 valence electrons. The average Bonchev–Trinajstić information content (AvgIpc) is 2.39. The van der Waals surface area contributed by atoms with Crippen molar-refractivity contribution in [1.29, 1.82) is 0 Å². The number of hydrogen-bond acceptors (Lipinski definition) is 4. The SMILES string of the molecule is Cn1cc(N)c(NCCCC(N)=O)n1. The zero-order chi connectivity index (χ0) is 10.6. The number of carbonyl (C=O) groups is 1. The summed E-state index contributed by atoms with van der Waals surface area (Å²) in [6.07, 6.45) is 2.78. The molecule has 0 fully saturated rings. The smallest absolute Gasteiger partial charge is 0.217 e. The Hall–Kier alpha value is -1.72. The third-order valence-corrected chi connectivity index (χ3v) is 1.75. The third-order valence-electron chi connectivity index (χ3n) is 1.75. The summed E-state index contributed by atoms with van der Waals surface area (Å²) in [5.41, 5.74) is 11.2. The van der Waals surface area contributed by atoms with Crippen LogP contribution in [0.2, 0.25) is 0 Å². The molecule has 1 heterocycles. The van der Waals surface area contributed by atoms with E-state index in [9.17, 15) is 4.79 Å². The quantitative estimate of drug-likeness (QED) is 0.563. The van der Waals surface area contributed by atoms with E-state index in [1.165, 1.54) is 0 Å². The highest BCUT2D eigenvalue weighted by atomic mass is 16.1. The average molecular weight is 197 g/mol. The highest BCUT2D eigenvalue weighted by Crippen LogP contribution is 2.13. The van der Waals surface area contributed by atoms with Crippen molar-refractivity contribution >= 4 is 17.4 Å². The zero-order valence-corrected chi connectivity index (χ0v) is 8.16. The number of nitrogens with two attached hydrogens (primary N) is 2. The van der Waals surface area contributed by atoms with Gasteiger partial charge in [0, 0.05) is 26.2 Å². The molecule has 1 rings (SSSR count). The molecule has 1 aromatic heterocycles. The van der Waals surface area contributed by atoms with Gasteiger partial charge in [-0.1, -0.05) is 0 Å². The van der Waals surface area contributed by atoms with Gasteiger partial charge in [0.05, 0.1) is 5.69 Å². The number of hydrogen-bond donors (Lipinski definition) is 3. The fourth-order valence-electron chi connectivity index (χ4n) is 1.11. The number of primary amides is 1. The van der Waals surface area contributed by atoms with E-state index >= 15 is 0 Å². The standard InChI is InChI=1S/C8H15N5O/c1-13-5-6(9)8(12-13)11-4-2-3-7(10)14/h5H,2-4,9H2,1H3,(H2,10,14)(H,11,12). The van der Waals surface area contributed by atoms with Gasteiger partial charge < -0.3 is 16.8 Å². The van der Waals surface area contributed by atoms with Gasteiger partial charge in [0.25, 0.3) is 0 Å². The number of aryl methyl sites for hydroxylation is 1. The monoisotopic (exact) mass is 197 g/mol. The lowest BCUT2D eigenvalue weighted by Crippen LogP contribution is -2.13. The number of nitrogens with one attached hydrogen (secondary N) is 1. The first-order valence-electron chi connectivity index (χ1n) is 4.41. The van der Waals surface area contributed by atoms with Crippen molar-refractivity contribution in [2.75, 3.05) is 17.6 Å². The first kappa shape index (κ1) is 10.4. The van der Waals surface area contributed by atoms with Gasteiger partial charge in [0.15, 0.2) is 5.82 Å². The van der Waals surface area contributed by atoms with Crippen molar-refractivity contribution in [1.82, 2.24) is 9.78 Å². The second kappa shape index (κ2) is 4.50. The van der Waals surface area contributed by atoms with Gasteiger partial charge in [-0.3, -0.25) is 9.48 Å². The zero-order valence-electron chi connectivity index (χ0n) is 8.16. The van der Waals surface area contributed by atoms with Gasteiger partial charge in [0.2, 0.25) is 5.91 Å². The summed E-state index contributed by atoms with van der Waals surface area (Å²) in [6.45, 7) is 0.643. The van der Waals surface area contributed by atoms with E-state index in [1.54, 1.807) is 17.9 Å². The summed E-state index contributed by atoms with van der Waals surface area (Å²) in [5, 5.41) is 7.12. The molecule has 6 nitrogen and oxygen atoms in total. The number of nitrogen functional groups attached to an aromatic ring is 1. The molecule has 6 heteroatoms. The van der Waals surface area contributed by atoms with E-state index in [2.05, 4.69) is 10.4 Å². The van der Waals surface area contributed by atoms with Crippen LogP contribution in [0.25, 0.3) is 0 Å². The minimum absolute atomic E-state index is 0.291. The van der Waals surface area contributed by atoms with Crippen molar-refractivity contribution in [2.45, 2.75) is 12.8 Å². The van der Waals surface area contributed by atoms with Crippen molar-refractivity contribution < 1.29 is 4.79 Å². The van der Waals surface area contributed by atoms with Gasteiger partial charge >= 0.3 is 0 Å². The van der Waals surface area contributed by atoms with Crippen LogP contribution in [0.5, 0.6) is 0 Å². The van der Waals surface area contributed by atoms with Crippen LogP contribution in [-0.4, -0.2) is 22.2 Å². The Bertz CT molecular complexity index is 320. The fourth-order valence-corrected chi connectivity index (χ4v) is 1.11. The molecule has 0 bridgehead atoms. The highest BCUT2D eigenvalue weighted by molar-refractivity contribution is 5.73. The number of nitrogens with zero attached hydrogens (tertiary/aromatic N) is 2.